The number of hydrogen-bond donors (Lipinski definition) is 3. The van der Waals surface area contributed by atoms with Crippen LogP contribution in [0.15, 0.2) is 0 Å². The van der Waals surface area contributed by atoms with Crippen LogP contribution in [0, 0.1) is 0 Å². The Balaban J connectivity index is 0. The third-order valence-corrected chi connectivity index (χ3v) is 0.707. The van der Waals surface area contributed by atoms with Gasteiger partial charge in [0.25, 0.3) is 0 Å². The van der Waals surface area contributed by atoms with Gasteiger partial charge in [0, 0.05) is 0 Å². The molecule has 0 amide bonds. The molecule has 0 aromatic heterocycles. The van der Waals surface area contributed by atoms with Gasteiger partial charge in [-0.1, -0.05) is 33.1 Å². The average molecular weight is 134 g/mol. The van der Waals surface area contributed by atoms with E-state index in [1.165, 1.54) is 19.3 Å². The van der Waals surface area contributed by atoms with E-state index in [0.717, 1.165) is 0 Å². The number of hydrogen-bond acceptors (Lipinski definition) is 3. The van der Waals surface area contributed by atoms with Gasteiger partial charge in [-0.15, -0.1) is 0 Å². The first-order valence-corrected chi connectivity index (χ1v) is 3.19. The van der Waals surface area contributed by atoms with Crippen LogP contribution in [0.5, 0.6) is 0 Å². The molecule has 0 unspecified atom stereocenters. The fraction of sp³-hybridized carbons (Fsp3) is 1.00. The first kappa shape index (κ1) is 11.7. The van der Waals surface area contributed by atoms with E-state index in [4.69, 9.17) is 15.1 Å². The third kappa shape index (κ3) is 74.2. The Bertz CT molecular complexity index is 36.4. The molecule has 0 aliphatic rings. The maximum absolute atomic E-state index is 7.17. The van der Waals surface area contributed by atoms with Crippen LogP contribution in [-0.4, -0.2) is 22.4 Å². The highest BCUT2D eigenvalue weighted by atomic mass is 16.5. The van der Waals surface area contributed by atoms with Gasteiger partial charge in [-0.25, -0.2) is 0 Å². The second kappa shape index (κ2) is 10.8. The molecular weight excluding hydrogens is 119 g/mol. The fourth-order valence-corrected chi connectivity index (χ4v) is 0.354. The summed E-state index contributed by atoms with van der Waals surface area (Å²) in [7, 11) is -2.17. The predicted molar refractivity (Wildman–Crippen MR) is 37.6 cm³/mol. The third-order valence-electron chi connectivity index (χ3n) is 0.707. The van der Waals surface area contributed by atoms with Crippen molar-refractivity contribution in [3.8, 4) is 0 Å². The molecule has 3 N–H and O–H groups in total. The Kier molecular flexibility index (Phi) is 14.1. The summed E-state index contributed by atoms with van der Waals surface area (Å²) in [5.41, 5.74) is 0. The first-order chi connectivity index (χ1) is 4.15. The van der Waals surface area contributed by atoms with Crippen LogP contribution in [0.25, 0.3) is 0 Å². The molecule has 9 heavy (non-hydrogen) atoms. The lowest BCUT2D eigenvalue weighted by Crippen LogP contribution is -2.07. The van der Waals surface area contributed by atoms with Crippen molar-refractivity contribution in [1.82, 2.24) is 0 Å². The summed E-state index contributed by atoms with van der Waals surface area (Å²) in [6, 6.07) is 0. The fourth-order valence-electron chi connectivity index (χ4n) is 0.354. The standard InChI is InChI=1S/C5H12.BH3O3/c1-3-5-4-2;2-1(3)4/h3-5H2,1-2H3;2-4H. The molecule has 0 aromatic carbocycles. The van der Waals surface area contributed by atoms with Gasteiger partial charge in [0.05, 0.1) is 0 Å². The van der Waals surface area contributed by atoms with E-state index in [2.05, 4.69) is 13.8 Å². The van der Waals surface area contributed by atoms with Gasteiger partial charge < -0.3 is 15.1 Å². The summed E-state index contributed by atoms with van der Waals surface area (Å²) in [6.07, 6.45) is 4.08. The molecule has 0 bridgehead atoms. The van der Waals surface area contributed by atoms with Crippen LogP contribution in [0.2, 0.25) is 0 Å². The Labute approximate surface area is 56.5 Å². The van der Waals surface area contributed by atoms with E-state index in [-0.39, 0.29) is 0 Å². The zero-order valence-electron chi connectivity index (χ0n) is 6.04. The minimum absolute atomic E-state index is 1.34. The largest absolute Gasteiger partial charge is 0.631 e. The Morgan fingerprint density at radius 1 is 1.00 bits per heavy atom. The van der Waals surface area contributed by atoms with Gasteiger partial charge in [-0.2, -0.15) is 0 Å². The van der Waals surface area contributed by atoms with Crippen LogP contribution < -0.4 is 0 Å². The van der Waals surface area contributed by atoms with E-state index in [9.17, 15) is 0 Å². The molecular formula is C5H15BO3. The van der Waals surface area contributed by atoms with Crippen molar-refractivity contribution >= 4 is 7.32 Å². The topological polar surface area (TPSA) is 60.7 Å². The lowest BCUT2D eigenvalue weighted by molar-refractivity contribution is 0.278. The molecule has 0 spiro atoms. The van der Waals surface area contributed by atoms with Crippen molar-refractivity contribution in [3.05, 3.63) is 0 Å². The lowest BCUT2D eigenvalue weighted by Gasteiger charge is -1.79. The zero-order chi connectivity index (χ0) is 7.70. The molecule has 0 aliphatic carbocycles. The molecule has 0 radical (unpaired) electrons. The van der Waals surface area contributed by atoms with Crippen molar-refractivity contribution in [3.63, 3.8) is 0 Å². The minimum Gasteiger partial charge on any atom is -0.402 e. The van der Waals surface area contributed by atoms with Gasteiger partial charge in [0.15, 0.2) is 0 Å². The molecule has 0 aliphatic heterocycles. The quantitative estimate of drug-likeness (QED) is 0.471. The van der Waals surface area contributed by atoms with Crippen molar-refractivity contribution < 1.29 is 15.1 Å². The molecule has 0 atom stereocenters. The van der Waals surface area contributed by atoms with E-state index in [0.29, 0.717) is 0 Å². The summed E-state index contributed by atoms with van der Waals surface area (Å²) in [5, 5.41) is 21.5. The summed E-state index contributed by atoms with van der Waals surface area (Å²) < 4.78 is 0. The Morgan fingerprint density at radius 3 is 1.22 bits per heavy atom. The van der Waals surface area contributed by atoms with Crippen LogP contribution in [0.4, 0.5) is 0 Å². The summed E-state index contributed by atoms with van der Waals surface area (Å²) in [5.74, 6) is 0. The van der Waals surface area contributed by atoms with E-state index in [1.54, 1.807) is 0 Å². The highest BCUT2D eigenvalue weighted by Crippen LogP contribution is 1.88. The lowest BCUT2D eigenvalue weighted by atomic mass is 10.3. The van der Waals surface area contributed by atoms with Gasteiger partial charge in [0.2, 0.25) is 0 Å². The first-order valence-electron chi connectivity index (χ1n) is 3.19. The summed E-state index contributed by atoms with van der Waals surface area (Å²) in [4.78, 5) is 0. The molecule has 0 rings (SSSR count). The molecule has 56 valence electrons. The molecule has 4 heteroatoms. The van der Waals surface area contributed by atoms with Gasteiger partial charge >= 0.3 is 7.32 Å². The van der Waals surface area contributed by atoms with Crippen molar-refractivity contribution in [2.45, 2.75) is 33.1 Å². The van der Waals surface area contributed by atoms with Crippen LogP contribution in [0.3, 0.4) is 0 Å². The van der Waals surface area contributed by atoms with E-state index < -0.39 is 7.32 Å². The van der Waals surface area contributed by atoms with Crippen LogP contribution >= 0.6 is 0 Å². The molecule has 0 saturated carbocycles. The molecule has 0 saturated heterocycles. The molecule has 3 nitrogen and oxygen atoms in total. The maximum Gasteiger partial charge on any atom is 0.631 e. The van der Waals surface area contributed by atoms with Gasteiger partial charge in [-0.3, -0.25) is 0 Å². The summed E-state index contributed by atoms with van der Waals surface area (Å²) >= 11 is 0. The Hall–Kier alpha value is -0.0551. The van der Waals surface area contributed by atoms with Crippen LogP contribution in [0.1, 0.15) is 33.1 Å². The monoisotopic (exact) mass is 134 g/mol. The summed E-state index contributed by atoms with van der Waals surface area (Å²) in [6.45, 7) is 4.42. The van der Waals surface area contributed by atoms with Gasteiger partial charge in [-0.05, 0) is 0 Å². The predicted octanol–water partition coefficient (Wildman–Crippen LogP) is 0.145. The maximum atomic E-state index is 7.17. The smallest absolute Gasteiger partial charge is 0.402 e. The van der Waals surface area contributed by atoms with Crippen molar-refractivity contribution in [2.75, 3.05) is 0 Å². The molecule has 0 fully saturated rings. The van der Waals surface area contributed by atoms with Crippen molar-refractivity contribution in [1.29, 1.82) is 0 Å². The minimum atomic E-state index is -2.17. The Morgan fingerprint density at radius 2 is 1.22 bits per heavy atom. The second-order valence-corrected chi connectivity index (χ2v) is 1.70. The highest BCUT2D eigenvalue weighted by Gasteiger charge is 1.92. The zero-order valence-corrected chi connectivity index (χ0v) is 6.04. The SMILES string of the molecule is CCCCC.OB(O)O. The average Bonchev–Trinajstić information content (AvgIpc) is 1.66. The van der Waals surface area contributed by atoms with Crippen molar-refractivity contribution in [2.24, 2.45) is 0 Å². The van der Waals surface area contributed by atoms with E-state index in [1.807, 2.05) is 0 Å². The van der Waals surface area contributed by atoms with E-state index >= 15 is 0 Å². The number of unbranched alkanes of at least 4 members (excludes halogenated alkanes) is 2. The van der Waals surface area contributed by atoms with Crippen LogP contribution in [-0.2, 0) is 0 Å². The molecule has 0 aromatic rings. The second-order valence-electron chi connectivity index (χ2n) is 1.70. The normalized spacial score (nSPS) is 7.67. The number of rotatable bonds is 2. The highest BCUT2D eigenvalue weighted by molar-refractivity contribution is 6.30. The molecule has 0 heterocycles. The van der Waals surface area contributed by atoms with Gasteiger partial charge in [0.1, 0.15) is 0 Å².